The van der Waals surface area contributed by atoms with Crippen LogP contribution in [0.2, 0.25) is 0 Å². The summed E-state index contributed by atoms with van der Waals surface area (Å²) in [5.41, 5.74) is -0.0453. The zero-order valence-corrected chi connectivity index (χ0v) is 14.7. The van der Waals surface area contributed by atoms with Gasteiger partial charge in [-0.3, -0.25) is 0 Å². The van der Waals surface area contributed by atoms with Gasteiger partial charge in [0.25, 0.3) is 0 Å². The lowest BCUT2D eigenvalue weighted by atomic mass is 9.94. The highest BCUT2D eigenvalue weighted by atomic mass is 16.4. The molecule has 2 rings (SSSR count). The summed E-state index contributed by atoms with van der Waals surface area (Å²) >= 11 is 0. The fourth-order valence-electron chi connectivity index (χ4n) is 2.70. The molecule has 130 valence electrons. The molecular formula is C17H30N4O2. The third kappa shape index (κ3) is 5.23. The molecule has 0 saturated heterocycles. The Bertz CT molecular complexity index is 519. The van der Waals surface area contributed by atoms with E-state index in [0.717, 1.165) is 44.1 Å². The number of aliphatic hydroxyl groups is 1. The number of hydrogen-bond acceptors (Lipinski definition) is 4. The number of hydrogen-bond donors (Lipinski definition) is 3. The van der Waals surface area contributed by atoms with Crippen LogP contribution >= 0.6 is 0 Å². The average Bonchev–Trinajstić information content (AvgIpc) is 3.10. The van der Waals surface area contributed by atoms with E-state index < -0.39 is 0 Å². The first-order valence-corrected chi connectivity index (χ1v) is 8.55. The SMILES string of the molecule is CCNC(=NCc1ncc(C(C)(C)C)o1)NCC1CCCC1O. The van der Waals surface area contributed by atoms with E-state index >= 15 is 0 Å². The normalized spacial score (nSPS) is 22.4. The molecular weight excluding hydrogens is 292 g/mol. The van der Waals surface area contributed by atoms with Crippen LogP contribution < -0.4 is 10.6 Å². The Balaban J connectivity index is 1.91. The van der Waals surface area contributed by atoms with Gasteiger partial charge in [-0.2, -0.15) is 0 Å². The molecule has 1 aromatic rings. The van der Waals surface area contributed by atoms with Gasteiger partial charge in [0.1, 0.15) is 12.3 Å². The number of nitrogens with zero attached hydrogens (tertiary/aromatic N) is 2. The highest BCUT2D eigenvalue weighted by molar-refractivity contribution is 5.79. The van der Waals surface area contributed by atoms with Gasteiger partial charge in [-0.25, -0.2) is 9.98 Å². The lowest BCUT2D eigenvalue weighted by Crippen LogP contribution is -2.41. The summed E-state index contributed by atoms with van der Waals surface area (Å²) in [4.78, 5) is 8.82. The number of oxazole rings is 1. The monoisotopic (exact) mass is 322 g/mol. The Morgan fingerprint density at radius 1 is 1.39 bits per heavy atom. The Labute approximate surface area is 138 Å². The van der Waals surface area contributed by atoms with E-state index in [9.17, 15) is 5.11 Å². The van der Waals surface area contributed by atoms with Crippen molar-refractivity contribution in [3.05, 3.63) is 17.8 Å². The van der Waals surface area contributed by atoms with Crippen LogP contribution in [0.1, 0.15) is 58.6 Å². The van der Waals surface area contributed by atoms with Crippen molar-refractivity contribution in [2.24, 2.45) is 10.9 Å². The van der Waals surface area contributed by atoms with Crippen LogP contribution in [0.5, 0.6) is 0 Å². The molecule has 1 heterocycles. The number of aliphatic hydroxyl groups excluding tert-OH is 1. The van der Waals surface area contributed by atoms with E-state index in [1.165, 1.54) is 0 Å². The van der Waals surface area contributed by atoms with E-state index in [2.05, 4.69) is 41.4 Å². The molecule has 1 saturated carbocycles. The largest absolute Gasteiger partial charge is 0.443 e. The van der Waals surface area contributed by atoms with Crippen molar-refractivity contribution in [1.82, 2.24) is 15.6 Å². The summed E-state index contributed by atoms with van der Waals surface area (Å²) in [5.74, 6) is 2.54. The molecule has 23 heavy (non-hydrogen) atoms. The maximum Gasteiger partial charge on any atom is 0.216 e. The lowest BCUT2D eigenvalue weighted by molar-refractivity contribution is 0.134. The topological polar surface area (TPSA) is 82.7 Å². The molecule has 6 nitrogen and oxygen atoms in total. The molecule has 0 spiro atoms. The van der Waals surface area contributed by atoms with E-state index in [1.54, 1.807) is 6.20 Å². The highest BCUT2D eigenvalue weighted by Crippen LogP contribution is 2.24. The predicted molar refractivity (Wildman–Crippen MR) is 91.4 cm³/mol. The minimum absolute atomic E-state index is 0.0453. The second-order valence-electron chi connectivity index (χ2n) is 7.20. The zero-order chi connectivity index (χ0) is 16.9. The molecule has 1 aliphatic carbocycles. The summed E-state index contributed by atoms with van der Waals surface area (Å²) in [6, 6.07) is 0. The van der Waals surface area contributed by atoms with E-state index in [0.29, 0.717) is 18.4 Å². The van der Waals surface area contributed by atoms with Crippen molar-refractivity contribution in [3.8, 4) is 0 Å². The van der Waals surface area contributed by atoms with Gasteiger partial charge in [0.2, 0.25) is 5.89 Å². The fourth-order valence-corrected chi connectivity index (χ4v) is 2.70. The minimum atomic E-state index is -0.188. The Morgan fingerprint density at radius 2 is 2.17 bits per heavy atom. The first-order chi connectivity index (χ1) is 10.9. The van der Waals surface area contributed by atoms with Gasteiger partial charge < -0.3 is 20.2 Å². The van der Waals surface area contributed by atoms with Crippen LogP contribution in [0.3, 0.4) is 0 Å². The first-order valence-electron chi connectivity index (χ1n) is 8.55. The second-order valence-corrected chi connectivity index (χ2v) is 7.20. The van der Waals surface area contributed by atoms with Crippen LogP contribution in [-0.2, 0) is 12.0 Å². The van der Waals surface area contributed by atoms with Crippen molar-refractivity contribution in [1.29, 1.82) is 0 Å². The van der Waals surface area contributed by atoms with Crippen molar-refractivity contribution in [3.63, 3.8) is 0 Å². The Morgan fingerprint density at radius 3 is 2.74 bits per heavy atom. The molecule has 2 atom stereocenters. The predicted octanol–water partition coefficient (Wildman–Crippen LogP) is 2.19. The van der Waals surface area contributed by atoms with Gasteiger partial charge in [0, 0.05) is 24.4 Å². The molecule has 6 heteroatoms. The van der Waals surface area contributed by atoms with Crippen molar-refractivity contribution < 1.29 is 9.52 Å². The third-order valence-electron chi connectivity index (χ3n) is 4.16. The summed E-state index contributed by atoms with van der Waals surface area (Å²) < 4.78 is 5.76. The Kier molecular flexibility index (Phi) is 6.04. The molecule has 0 amide bonds. The number of nitrogens with one attached hydrogen (secondary N) is 2. The summed E-state index contributed by atoms with van der Waals surface area (Å²) in [5, 5.41) is 16.4. The number of rotatable bonds is 5. The van der Waals surface area contributed by atoms with E-state index in [1.807, 2.05) is 6.92 Å². The summed E-state index contributed by atoms with van der Waals surface area (Å²) in [6.45, 7) is 10.3. The highest BCUT2D eigenvalue weighted by Gasteiger charge is 2.25. The average molecular weight is 322 g/mol. The van der Waals surface area contributed by atoms with Gasteiger partial charge in [0.05, 0.1) is 12.3 Å². The van der Waals surface area contributed by atoms with Gasteiger partial charge in [0.15, 0.2) is 5.96 Å². The number of aromatic nitrogens is 1. The summed E-state index contributed by atoms with van der Waals surface area (Å²) in [7, 11) is 0. The number of guanidine groups is 1. The van der Waals surface area contributed by atoms with Gasteiger partial charge >= 0.3 is 0 Å². The molecule has 0 aromatic carbocycles. The molecule has 2 unspecified atom stereocenters. The Hall–Kier alpha value is -1.56. The molecule has 3 N–H and O–H groups in total. The minimum Gasteiger partial charge on any atom is -0.443 e. The van der Waals surface area contributed by atoms with Crippen LogP contribution in [0, 0.1) is 5.92 Å². The van der Waals surface area contributed by atoms with Gasteiger partial charge in [-0.05, 0) is 19.8 Å². The number of aliphatic imine (C=N–C) groups is 1. The van der Waals surface area contributed by atoms with E-state index in [4.69, 9.17) is 4.42 Å². The molecule has 1 aromatic heterocycles. The standard InChI is InChI=1S/C17H30N4O2/c1-5-18-16(20-9-12-7-6-8-13(12)22)21-11-15-19-10-14(23-15)17(2,3)4/h10,12-13,22H,5-9,11H2,1-4H3,(H2,18,20,21). The van der Waals surface area contributed by atoms with Gasteiger partial charge in [-0.1, -0.05) is 27.2 Å². The first kappa shape index (κ1) is 17.8. The van der Waals surface area contributed by atoms with Crippen LogP contribution in [-0.4, -0.2) is 35.2 Å². The zero-order valence-electron chi connectivity index (χ0n) is 14.7. The van der Waals surface area contributed by atoms with Crippen molar-refractivity contribution >= 4 is 5.96 Å². The quantitative estimate of drug-likeness (QED) is 0.572. The van der Waals surface area contributed by atoms with Gasteiger partial charge in [-0.15, -0.1) is 0 Å². The van der Waals surface area contributed by atoms with Crippen LogP contribution in [0.15, 0.2) is 15.6 Å². The lowest BCUT2D eigenvalue weighted by Gasteiger charge is -2.17. The maximum atomic E-state index is 9.89. The molecule has 0 aliphatic heterocycles. The van der Waals surface area contributed by atoms with Crippen LogP contribution in [0.4, 0.5) is 0 Å². The van der Waals surface area contributed by atoms with Crippen LogP contribution in [0.25, 0.3) is 0 Å². The molecule has 0 radical (unpaired) electrons. The smallest absolute Gasteiger partial charge is 0.216 e. The fraction of sp³-hybridized carbons (Fsp3) is 0.765. The third-order valence-corrected chi connectivity index (χ3v) is 4.16. The maximum absolute atomic E-state index is 9.89. The molecule has 1 fully saturated rings. The molecule has 0 bridgehead atoms. The second kappa shape index (κ2) is 7.81. The molecule has 1 aliphatic rings. The van der Waals surface area contributed by atoms with Crippen molar-refractivity contribution in [2.45, 2.75) is 65.0 Å². The van der Waals surface area contributed by atoms with E-state index in [-0.39, 0.29) is 11.5 Å². The van der Waals surface area contributed by atoms with Crippen molar-refractivity contribution in [2.75, 3.05) is 13.1 Å². The summed E-state index contributed by atoms with van der Waals surface area (Å²) in [6.07, 6.45) is 4.67.